The standard InChI is InChI=1S/C18H24N4O3S/c1-5-15-16(10-19-12-20-15)21-17(23)14-8-6-7-13(9-14)11-26(24,25)22-18(2,3)4/h6-10,12,22H,5,11H2,1-4H3,(H,21,23). The molecular formula is C18H24N4O3S. The van der Waals surface area contributed by atoms with Crippen molar-refractivity contribution >= 4 is 21.6 Å². The highest BCUT2D eigenvalue weighted by Gasteiger charge is 2.20. The van der Waals surface area contributed by atoms with Crippen molar-refractivity contribution in [2.75, 3.05) is 5.32 Å². The normalized spacial score (nSPS) is 12.0. The summed E-state index contributed by atoms with van der Waals surface area (Å²) in [6.45, 7) is 7.27. The molecule has 0 unspecified atom stereocenters. The van der Waals surface area contributed by atoms with Crippen LogP contribution in [0.2, 0.25) is 0 Å². The number of sulfonamides is 1. The summed E-state index contributed by atoms with van der Waals surface area (Å²) >= 11 is 0. The van der Waals surface area contributed by atoms with E-state index in [1.165, 1.54) is 6.33 Å². The van der Waals surface area contributed by atoms with Crippen LogP contribution in [-0.2, 0) is 22.2 Å². The monoisotopic (exact) mass is 376 g/mol. The molecule has 2 aromatic rings. The molecule has 0 saturated carbocycles. The van der Waals surface area contributed by atoms with E-state index >= 15 is 0 Å². The third kappa shape index (κ3) is 5.89. The first-order valence-electron chi connectivity index (χ1n) is 8.30. The van der Waals surface area contributed by atoms with Gasteiger partial charge in [-0.25, -0.2) is 23.1 Å². The minimum Gasteiger partial charge on any atom is -0.319 e. The van der Waals surface area contributed by atoms with Crippen molar-refractivity contribution in [1.29, 1.82) is 0 Å². The second-order valence-corrected chi connectivity index (χ2v) is 8.72. The Bertz CT molecular complexity index is 889. The van der Waals surface area contributed by atoms with Crippen LogP contribution in [0.1, 0.15) is 49.3 Å². The van der Waals surface area contributed by atoms with Gasteiger partial charge in [0.1, 0.15) is 6.33 Å². The van der Waals surface area contributed by atoms with Gasteiger partial charge < -0.3 is 5.32 Å². The molecule has 0 bridgehead atoms. The van der Waals surface area contributed by atoms with E-state index in [4.69, 9.17) is 0 Å². The lowest BCUT2D eigenvalue weighted by molar-refractivity contribution is 0.102. The fourth-order valence-electron chi connectivity index (χ4n) is 2.46. The van der Waals surface area contributed by atoms with Gasteiger partial charge in [-0.3, -0.25) is 4.79 Å². The van der Waals surface area contributed by atoms with Gasteiger partial charge in [-0.15, -0.1) is 0 Å². The largest absolute Gasteiger partial charge is 0.319 e. The molecule has 0 aliphatic carbocycles. The first kappa shape index (κ1) is 20.0. The minimum absolute atomic E-state index is 0.194. The lowest BCUT2D eigenvalue weighted by Crippen LogP contribution is -2.41. The number of aromatic nitrogens is 2. The van der Waals surface area contributed by atoms with E-state index in [0.29, 0.717) is 23.2 Å². The van der Waals surface area contributed by atoms with E-state index < -0.39 is 15.6 Å². The maximum absolute atomic E-state index is 12.5. The van der Waals surface area contributed by atoms with Gasteiger partial charge in [-0.2, -0.15) is 0 Å². The number of carbonyl (C=O) groups is 1. The number of rotatable bonds is 6. The SMILES string of the molecule is CCc1ncncc1NC(=O)c1cccc(CS(=O)(=O)NC(C)(C)C)c1. The molecule has 7 nitrogen and oxygen atoms in total. The fourth-order valence-corrected chi connectivity index (χ4v) is 4.08. The Labute approximate surface area is 154 Å². The zero-order valence-corrected chi connectivity index (χ0v) is 16.2. The number of nitrogens with one attached hydrogen (secondary N) is 2. The molecule has 0 fully saturated rings. The maximum atomic E-state index is 12.5. The molecule has 1 heterocycles. The average Bonchev–Trinajstić information content (AvgIpc) is 2.52. The molecule has 0 spiro atoms. The van der Waals surface area contributed by atoms with Gasteiger partial charge in [0.25, 0.3) is 5.91 Å². The predicted octanol–water partition coefficient (Wildman–Crippen LogP) is 2.51. The number of carbonyl (C=O) groups excluding carboxylic acids is 1. The molecule has 0 aliphatic rings. The third-order valence-corrected chi connectivity index (χ3v) is 5.02. The molecule has 1 amide bonds. The lowest BCUT2D eigenvalue weighted by Gasteiger charge is -2.20. The molecule has 2 N–H and O–H groups in total. The van der Waals surface area contributed by atoms with Crippen molar-refractivity contribution in [2.24, 2.45) is 0 Å². The van der Waals surface area contributed by atoms with Gasteiger partial charge in [0.2, 0.25) is 10.0 Å². The third-order valence-electron chi connectivity index (χ3n) is 3.39. The quantitative estimate of drug-likeness (QED) is 0.807. The van der Waals surface area contributed by atoms with Crippen LogP contribution < -0.4 is 10.0 Å². The Morgan fingerprint density at radius 2 is 1.96 bits per heavy atom. The van der Waals surface area contributed by atoms with Gasteiger partial charge in [-0.1, -0.05) is 19.1 Å². The number of hydrogen-bond donors (Lipinski definition) is 2. The molecule has 0 radical (unpaired) electrons. The number of anilines is 1. The van der Waals surface area contributed by atoms with Crippen LogP contribution in [0.3, 0.4) is 0 Å². The molecule has 8 heteroatoms. The zero-order chi connectivity index (χ0) is 19.4. The number of hydrogen-bond acceptors (Lipinski definition) is 5. The summed E-state index contributed by atoms with van der Waals surface area (Å²) in [6.07, 6.45) is 3.64. The smallest absolute Gasteiger partial charge is 0.255 e. The first-order chi connectivity index (χ1) is 12.1. The van der Waals surface area contributed by atoms with Crippen LogP contribution in [0.4, 0.5) is 5.69 Å². The number of amides is 1. The number of aryl methyl sites for hydroxylation is 1. The summed E-state index contributed by atoms with van der Waals surface area (Å²) in [4.78, 5) is 20.6. The molecule has 26 heavy (non-hydrogen) atoms. The highest BCUT2D eigenvalue weighted by molar-refractivity contribution is 7.88. The molecule has 0 aliphatic heterocycles. The van der Waals surface area contributed by atoms with Crippen molar-refractivity contribution in [1.82, 2.24) is 14.7 Å². The molecule has 1 aromatic heterocycles. The van der Waals surface area contributed by atoms with E-state index in [0.717, 1.165) is 5.69 Å². The Kier molecular flexibility index (Phi) is 6.09. The van der Waals surface area contributed by atoms with Gasteiger partial charge in [0.15, 0.2) is 0 Å². The minimum atomic E-state index is -3.51. The van der Waals surface area contributed by atoms with E-state index in [-0.39, 0.29) is 11.7 Å². The van der Waals surface area contributed by atoms with E-state index in [1.807, 2.05) is 6.92 Å². The Balaban J connectivity index is 2.17. The molecule has 2 rings (SSSR count). The first-order valence-corrected chi connectivity index (χ1v) is 9.95. The number of nitrogens with zero attached hydrogens (tertiary/aromatic N) is 2. The predicted molar refractivity (Wildman–Crippen MR) is 101 cm³/mol. The fraction of sp³-hybridized carbons (Fsp3) is 0.389. The summed E-state index contributed by atoms with van der Waals surface area (Å²) in [5.41, 5.74) is 1.64. The Morgan fingerprint density at radius 1 is 1.23 bits per heavy atom. The van der Waals surface area contributed by atoms with Crippen molar-refractivity contribution in [3.8, 4) is 0 Å². The van der Waals surface area contributed by atoms with E-state index in [2.05, 4.69) is 20.0 Å². The van der Waals surface area contributed by atoms with Gasteiger partial charge >= 0.3 is 0 Å². The maximum Gasteiger partial charge on any atom is 0.255 e. The van der Waals surface area contributed by atoms with E-state index in [1.54, 1.807) is 51.2 Å². The lowest BCUT2D eigenvalue weighted by atomic mass is 10.1. The highest BCUT2D eigenvalue weighted by Crippen LogP contribution is 2.15. The van der Waals surface area contributed by atoms with Crippen LogP contribution in [-0.4, -0.2) is 29.8 Å². The van der Waals surface area contributed by atoms with Crippen molar-refractivity contribution < 1.29 is 13.2 Å². The molecule has 0 atom stereocenters. The average molecular weight is 376 g/mol. The Hall–Kier alpha value is -2.32. The highest BCUT2D eigenvalue weighted by atomic mass is 32.2. The topological polar surface area (TPSA) is 101 Å². The van der Waals surface area contributed by atoms with Crippen LogP contribution in [0, 0.1) is 0 Å². The second-order valence-electron chi connectivity index (χ2n) is 7.00. The van der Waals surface area contributed by atoms with Gasteiger partial charge in [0.05, 0.1) is 23.3 Å². The van der Waals surface area contributed by atoms with Crippen molar-refractivity contribution in [3.63, 3.8) is 0 Å². The summed E-state index contributed by atoms with van der Waals surface area (Å²) in [5.74, 6) is -0.530. The number of benzene rings is 1. The summed E-state index contributed by atoms with van der Waals surface area (Å²) < 4.78 is 27.1. The van der Waals surface area contributed by atoms with Crippen LogP contribution in [0.25, 0.3) is 0 Å². The summed E-state index contributed by atoms with van der Waals surface area (Å²) in [5, 5.41) is 2.78. The molecule has 1 aromatic carbocycles. The van der Waals surface area contributed by atoms with Crippen LogP contribution in [0.5, 0.6) is 0 Å². The van der Waals surface area contributed by atoms with E-state index in [9.17, 15) is 13.2 Å². The van der Waals surface area contributed by atoms with Crippen LogP contribution in [0.15, 0.2) is 36.8 Å². The van der Waals surface area contributed by atoms with Crippen molar-refractivity contribution in [2.45, 2.75) is 45.4 Å². The summed E-state index contributed by atoms with van der Waals surface area (Å²) in [6, 6.07) is 6.56. The molecule has 140 valence electrons. The summed E-state index contributed by atoms with van der Waals surface area (Å²) in [7, 11) is -3.51. The Morgan fingerprint density at radius 3 is 2.62 bits per heavy atom. The van der Waals surface area contributed by atoms with Gasteiger partial charge in [0, 0.05) is 11.1 Å². The molecular weight excluding hydrogens is 352 g/mol. The van der Waals surface area contributed by atoms with Crippen molar-refractivity contribution in [3.05, 3.63) is 53.6 Å². The van der Waals surface area contributed by atoms with Gasteiger partial charge in [-0.05, 0) is 44.9 Å². The zero-order valence-electron chi connectivity index (χ0n) is 15.4. The van der Waals surface area contributed by atoms with Crippen LogP contribution >= 0.6 is 0 Å². The molecule has 0 saturated heterocycles. The second kappa shape index (κ2) is 7.92.